The van der Waals surface area contributed by atoms with Crippen LogP contribution in [0.15, 0.2) is 42.5 Å². The van der Waals surface area contributed by atoms with Gasteiger partial charge in [-0.2, -0.15) is 0 Å². The molecule has 21 heavy (non-hydrogen) atoms. The smallest absolute Gasteiger partial charge is 0.0341 e. The molecule has 0 spiro atoms. The van der Waals surface area contributed by atoms with Crippen LogP contribution in [0, 0.1) is 5.92 Å². The van der Waals surface area contributed by atoms with Crippen molar-refractivity contribution in [2.24, 2.45) is 5.92 Å². The Balaban J connectivity index is 2.34. The van der Waals surface area contributed by atoms with E-state index in [-0.39, 0.29) is 5.41 Å². The Bertz CT molecular complexity index is 659. The van der Waals surface area contributed by atoms with Gasteiger partial charge in [0.25, 0.3) is 0 Å². The molecule has 0 saturated carbocycles. The van der Waals surface area contributed by atoms with Gasteiger partial charge in [0.15, 0.2) is 0 Å². The molecule has 0 saturated heterocycles. The summed E-state index contributed by atoms with van der Waals surface area (Å²) in [6, 6.07) is 15.8. The zero-order valence-electron chi connectivity index (χ0n) is 13.5. The molecule has 0 fully saturated rings. The van der Waals surface area contributed by atoms with Crippen LogP contribution in [0.2, 0.25) is 0 Å². The Kier molecular flexibility index (Phi) is 3.52. The van der Waals surface area contributed by atoms with Gasteiger partial charge in [-0.1, -0.05) is 57.5 Å². The molecule has 2 unspecified atom stereocenters. The summed E-state index contributed by atoms with van der Waals surface area (Å²) in [5, 5.41) is 3.30. The second kappa shape index (κ2) is 5.22. The van der Waals surface area contributed by atoms with Gasteiger partial charge in [-0.3, -0.25) is 0 Å². The van der Waals surface area contributed by atoms with Crippen molar-refractivity contribution in [2.75, 3.05) is 12.4 Å². The third-order valence-corrected chi connectivity index (χ3v) is 5.50. The summed E-state index contributed by atoms with van der Waals surface area (Å²) in [4.78, 5) is 0. The molecule has 0 heterocycles. The first-order valence-corrected chi connectivity index (χ1v) is 8.11. The summed E-state index contributed by atoms with van der Waals surface area (Å²) in [7, 11) is 2.00. The summed E-state index contributed by atoms with van der Waals surface area (Å²) in [6.07, 6.45) is 2.35. The highest BCUT2D eigenvalue weighted by Crippen LogP contribution is 2.55. The summed E-state index contributed by atoms with van der Waals surface area (Å²) in [5.41, 5.74) is 7.25. The third kappa shape index (κ3) is 1.83. The van der Waals surface area contributed by atoms with E-state index >= 15 is 0 Å². The third-order valence-electron chi connectivity index (χ3n) is 5.50. The lowest BCUT2D eigenvalue weighted by Crippen LogP contribution is -2.32. The number of hydrogen-bond acceptors (Lipinski definition) is 1. The molecule has 1 heteroatoms. The zero-order chi connectivity index (χ0) is 15.0. The normalized spacial score (nSPS) is 20.8. The monoisotopic (exact) mass is 279 g/mol. The standard InChI is InChI=1S/C20H25N/c1-5-14(3)20(6-2)18-10-8-7-9-16(18)17-12-11-15(21-4)13-19(17)20/h7-14,21H,5-6H2,1-4H3. The highest BCUT2D eigenvalue weighted by molar-refractivity contribution is 5.82. The molecular weight excluding hydrogens is 254 g/mol. The quantitative estimate of drug-likeness (QED) is 0.784. The van der Waals surface area contributed by atoms with Gasteiger partial charge in [-0.25, -0.2) is 0 Å². The van der Waals surface area contributed by atoms with Gasteiger partial charge < -0.3 is 5.32 Å². The predicted molar refractivity (Wildman–Crippen MR) is 92.0 cm³/mol. The van der Waals surface area contributed by atoms with Crippen LogP contribution in [0.25, 0.3) is 11.1 Å². The zero-order valence-corrected chi connectivity index (χ0v) is 13.5. The van der Waals surface area contributed by atoms with E-state index < -0.39 is 0 Å². The number of anilines is 1. The van der Waals surface area contributed by atoms with Crippen molar-refractivity contribution < 1.29 is 0 Å². The SMILES string of the molecule is CCC(C)C1(CC)c2ccccc2-c2ccc(NC)cc21. The average molecular weight is 279 g/mol. The lowest BCUT2D eigenvalue weighted by molar-refractivity contribution is 0.331. The van der Waals surface area contributed by atoms with Crippen molar-refractivity contribution in [1.29, 1.82) is 0 Å². The van der Waals surface area contributed by atoms with E-state index in [9.17, 15) is 0 Å². The molecule has 2 atom stereocenters. The van der Waals surface area contributed by atoms with Crippen molar-refractivity contribution in [3.05, 3.63) is 53.6 Å². The highest BCUT2D eigenvalue weighted by Gasteiger charge is 2.44. The van der Waals surface area contributed by atoms with Crippen LogP contribution < -0.4 is 5.32 Å². The number of fused-ring (bicyclic) bond motifs is 3. The Morgan fingerprint density at radius 3 is 2.38 bits per heavy atom. The largest absolute Gasteiger partial charge is 0.388 e. The van der Waals surface area contributed by atoms with Crippen LogP contribution in [0.5, 0.6) is 0 Å². The first-order chi connectivity index (χ1) is 10.2. The molecule has 1 nitrogen and oxygen atoms in total. The maximum absolute atomic E-state index is 3.30. The molecule has 0 bridgehead atoms. The van der Waals surface area contributed by atoms with Crippen molar-refractivity contribution in [3.8, 4) is 11.1 Å². The molecular formula is C20H25N. The van der Waals surface area contributed by atoms with Gasteiger partial charge >= 0.3 is 0 Å². The Labute approximate surface area is 128 Å². The van der Waals surface area contributed by atoms with Crippen LogP contribution in [-0.4, -0.2) is 7.05 Å². The Morgan fingerprint density at radius 2 is 1.71 bits per heavy atom. The molecule has 1 aliphatic rings. The number of benzene rings is 2. The molecule has 0 aliphatic heterocycles. The Morgan fingerprint density at radius 1 is 1.00 bits per heavy atom. The topological polar surface area (TPSA) is 12.0 Å². The van der Waals surface area contributed by atoms with E-state index in [1.54, 1.807) is 0 Å². The average Bonchev–Trinajstić information content (AvgIpc) is 2.84. The van der Waals surface area contributed by atoms with E-state index in [0.717, 1.165) is 6.42 Å². The second-order valence-corrected chi connectivity index (χ2v) is 6.19. The van der Waals surface area contributed by atoms with Crippen LogP contribution in [0.3, 0.4) is 0 Å². The van der Waals surface area contributed by atoms with Gasteiger partial charge in [0.1, 0.15) is 0 Å². The molecule has 2 aromatic carbocycles. The molecule has 1 aliphatic carbocycles. The van der Waals surface area contributed by atoms with E-state index in [1.807, 2.05) is 7.05 Å². The van der Waals surface area contributed by atoms with Crippen LogP contribution in [0.4, 0.5) is 5.69 Å². The van der Waals surface area contributed by atoms with E-state index in [4.69, 9.17) is 0 Å². The molecule has 1 N–H and O–H groups in total. The molecule has 3 rings (SSSR count). The van der Waals surface area contributed by atoms with Crippen LogP contribution >= 0.6 is 0 Å². The second-order valence-electron chi connectivity index (χ2n) is 6.19. The molecule has 0 radical (unpaired) electrons. The predicted octanol–water partition coefficient (Wildman–Crippen LogP) is 5.45. The van der Waals surface area contributed by atoms with E-state index in [0.29, 0.717) is 5.92 Å². The first-order valence-electron chi connectivity index (χ1n) is 8.11. The maximum Gasteiger partial charge on any atom is 0.0341 e. The molecule has 0 aromatic heterocycles. The maximum atomic E-state index is 3.30. The minimum Gasteiger partial charge on any atom is -0.388 e. The van der Waals surface area contributed by atoms with E-state index in [2.05, 4.69) is 68.6 Å². The fraction of sp³-hybridized carbons (Fsp3) is 0.400. The van der Waals surface area contributed by atoms with Crippen LogP contribution in [-0.2, 0) is 5.41 Å². The Hall–Kier alpha value is -1.76. The van der Waals surface area contributed by atoms with Gasteiger partial charge in [-0.05, 0) is 46.7 Å². The number of hydrogen-bond donors (Lipinski definition) is 1. The summed E-state index contributed by atoms with van der Waals surface area (Å²) < 4.78 is 0. The minimum atomic E-state index is 0.160. The van der Waals surface area contributed by atoms with Crippen molar-refractivity contribution in [1.82, 2.24) is 0 Å². The fourth-order valence-electron chi connectivity index (χ4n) is 4.16. The van der Waals surface area contributed by atoms with Gasteiger partial charge in [0, 0.05) is 18.2 Å². The van der Waals surface area contributed by atoms with E-state index in [1.165, 1.54) is 34.4 Å². The highest BCUT2D eigenvalue weighted by atomic mass is 14.8. The van der Waals surface area contributed by atoms with Crippen molar-refractivity contribution in [3.63, 3.8) is 0 Å². The van der Waals surface area contributed by atoms with Gasteiger partial charge in [0.2, 0.25) is 0 Å². The molecule has 110 valence electrons. The summed E-state index contributed by atoms with van der Waals surface area (Å²) in [5.74, 6) is 0.636. The minimum absolute atomic E-state index is 0.160. The lowest BCUT2D eigenvalue weighted by atomic mass is 9.66. The molecule has 2 aromatic rings. The fourth-order valence-corrected chi connectivity index (χ4v) is 4.16. The summed E-state index contributed by atoms with van der Waals surface area (Å²) in [6.45, 7) is 7.05. The van der Waals surface area contributed by atoms with Gasteiger partial charge in [-0.15, -0.1) is 0 Å². The summed E-state index contributed by atoms with van der Waals surface area (Å²) >= 11 is 0. The number of rotatable bonds is 4. The molecule has 0 amide bonds. The number of nitrogens with one attached hydrogen (secondary N) is 1. The van der Waals surface area contributed by atoms with Crippen LogP contribution in [0.1, 0.15) is 44.7 Å². The van der Waals surface area contributed by atoms with Crippen molar-refractivity contribution in [2.45, 2.75) is 39.0 Å². The lowest BCUT2D eigenvalue weighted by Gasteiger charge is -2.37. The van der Waals surface area contributed by atoms with Crippen molar-refractivity contribution >= 4 is 5.69 Å². The van der Waals surface area contributed by atoms with Gasteiger partial charge in [0.05, 0.1) is 0 Å². The first kappa shape index (κ1) is 14.2.